The van der Waals surface area contributed by atoms with Crippen LogP contribution in [0.15, 0.2) is 42.6 Å². The molecule has 3 rings (SSSR count). The number of nitrogens with one attached hydrogen (secondary N) is 1. The lowest BCUT2D eigenvalue weighted by molar-refractivity contribution is -0.137. The molecule has 2 nitrogen and oxygen atoms in total. The smallest absolute Gasteiger partial charge is 0.385 e. The van der Waals surface area contributed by atoms with Gasteiger partial charge < -0.3 is 5.32 Å². The van der Waals surface area contributed by atoms with Crippen LogP contribution in [-0.2, 0) is 6.18 Å². The normalized spacial score (nSPS) is 18.2. The summed E-state index contributed by atoms with van der Waals surface area (Å²) in [6.07, 6.45) is -1.91. The molecule has 1 aromatic heterocycles. The third-order valence-electron chi connectivity index (χ3n) is 3.55. The van der Waals surface area contributed by atoms with E-state index < -0.39 is 11.7 Å². The molecule has 104 valence electrons. The third kappa shape index (κ3) is 2.35. The number of hydrogen-bond donors (Lipinski definition) is 1. The Morgan fingerprint density at radius 2 is 2.00 bits per heavy atom. The predicted molar refractivity (Wildman–Crippen MR) is 70.6 cm³/mol. The molecule has 1 aliphatic rings. The molecular weight excluding hydrogens is 265 g/mol. The highest BCUT2D eigenvalue weighted by molar-refractivity contribution is 5.58. The fourth-order valence-corrected chi connectivity index (χ4v) is 2.58. The largest absolute Gasteiger partial charge is 0.416 e. The molecule has 1 aromatic carbocycles. The number of benzene rings is 1. The summed E-state index contributed by atoms with van der Waals surface area (Å²) >= 11 is 0. The zero-order chi connectivity index (χ0) is 14.2. The summed E-state index contributed by atoms with van der Waals surface area (Å²) in [6.45, 7) is 0.736. The molecule has 2 aromatic rings. The summed E-state index contributed by atoms with van der Waals surface area (Å²) in [4.78, 5) is 4.28. The van der Waals surface area contributed by atoms with Crippen molar-refractivity contribution in [2.75, 3.05) is 11.9 Å². The molecule has 1 atom stereocenters. The van der Waals surface area contributed by atoms with Gasteiger partial charge in [0, 0.05) is 30.0 Å². The fraction of sp³-hybridized carbons (Fsp3) is 0.267. The minimum Gasteiger partial charge on any atom is -0.385 e. The van der Waals surface area contributed by atoms with E-state index in [2.05, 4.69) is 10.3 Å². The molecule has 0 fully saturated rings. The van der Waals surface area contributed by atoms with E-state index in [0.29, 0.717) is 5.56 Å². The van der Waals surface area contributed by atoms with Crippen molar-refractivity contribution in [1.29, 1.82) is 0 Å². The van der Waals surface area contributed by atoms with Gasteiger partial charge in [-0.3, -0.25) is 4.98 Å². The molecule has 0 radical (unpaired) electrons. The van der Waals surface area contributed by atoms with Crippen molar-refractivity contribution in [3.63, 3.8) is 0 Å². The minimum absolute atomic E-state index is 0.0882. The fourth-order valence-electron chi connectivity index (χ4n) is 2.58. The van der Waals surface area contributed by atoms with Gasteiger partial charge in [-0.1, -0.05) is 6.07 Å². The highest BCUT2D eigenvalue weighted by Gasteiger charge is 2.33. The van der Waals surface area contributed by atoms with E-state index in [4.69, 9.17) is 0 Å². The predicted octanol–water partition coefficient (Wildman–Crippen LogP) is 4.05. The number of pyridine rings is 1. The summed E-state index contributed by atoms with van der Waals surface area (Å²) in [7, 11) is 0. The maximum Gasteiger partial charge on any atom is 0.416 e. The van der Waals surface area contributed by atoms with E-state index in [0.717, 1.165) is 30.4 Å². The molecule has 1 aliphatic heterocycles. The maximum absolute atomic E-state index is 12.9. The second-order valence-electron chi connectivity index (χ2n) is 4.82. The number of alkyl halides is 3. The van der Waals surface area contributed by atoms with Gasteiger partial charge in [0.05, 0.1) is 5.56 Å². The molecule has 0 aliphatic carbocycles. The molecule has 0 saturated heterocycles. The zero-order valence-corrected chi connectivity index (χ0v) is 10.6. The first-order valence-corrected chi connectivity index (χ1v) is 6.41. The number of aromatic nitrogens is 1. The van der Waals surface area contributed by atoms with Crippen molar-refractivity contribution in [2.45, 2.75) is 18.5 Å². The Hall–Kier alpha value is -2.04. The molecule has 0 spiro atoms. The van der Waals surface area contributed by atoms with E-state index in [1.807, 2.05) is 12.1 Å². The average Bonchev–Trinajstić information content (AvgIpc) is 2.46. The van der Waals surface area contributed by atoms with Crippen LogP contribution in [0.5, 0.6) is 0 Å². The number of halogens is 3. The summed E-state index contributed by atoms with van der Waals surface area (Å²) in [6, 6.07) is 9.38. The van der Waals surface area contributed by atoms with E-state index in [-0.39, 0.29) is 5.92 Å². The van der Waals surface area contributed by atoms with Crippen LogP contribution in [0.4, 0.5) is 18.9 Å². The van der Waals surface area contributed by atoms with Crippen molar-refractivity contribution < 1.29 is 13.2 Å². The lowest BCUT2D eigenvalue weighted by atomic mass is 9.87. The van der Waals surface area contributed by atoms with E-state index in [1.165, 1.54) is 12.1 Å². The Balaban J connectivity index is 2.07. The third-order valence-corrected chi connectivity index (χ3v) is 3.55. The van der Waals surface area contributed by atoms with Crippen molar-refractivity contribution in [1.82, 2.24) is 4.98 Å². The summed E-state index contributed by atoms with van der Waals surface area (Å²) < 4.78 is 38.6. The van der Waals surface area contributed by atoms with Gasteiger partial charge >= 0.3 is 6.18 Å². The SMILES string of the molecule is FC(F)(F)c1ccc2c(c1)C(c1ccccn1)CCN2. The Morgan fingerprint density at radius 1 is 1.15 bits per heavy atom. The highest BCUT2D eigenvalue weighted by Crippen LogP contribution is 2.39. The van der Waals surface area contributed by atoms with Gasteiger partial charge in [-0.15, -0.1) is 0 Å². The number of fused-ring (bicyclic) bond motifs is 1. The van der Waals surface area contributed by atoms with Crippen molar-refractivity contribution in [3.05, 3.63) is 59.4 Å². The van der Waals surface area contributed by atoms with Crippen molar-refractivity contribution in [2.24, 2.45) is 0 Å². The molecule has 0 amide bonds. The van der Waals surface area contributed by atoms with Gasteiger partial charge in [-0.2, -0.15) is 13.2 Å². The molecule has 20 heavy (non-hydrogen) atoms. The lowest BCUT2D eigenvalue weighted by Gasteiger charge is -2.27. The first-order valence-electron chi connectivity index (χ1n) is 6.41. The van der Waals surface area contributed by atoms with Crippen molar-refractivity contribution in [3.8, 4) is 0 Å². The van der Waals surface area contributed by atoms with E-state index in [9.17, 15) is 13.2 Å². The van der Waals surface area contributed by atoms with Gasteiger partial charge in [-0.25, -0.2) is 0 Å². The Labute approximate surface area is 114 Å². The zero-order valence-electron chi connectivity index (χ0n) is 10.6. The topological polar surface area (TPSA) is 24.9 Å². The molecule has 0 saturated carbocycles. The lowest BCUT2D eigenvalue weighted by Crippen LogP contribution is -2.19. The van der Waals surface area contributed by atoms with Gasteiger partial charge in [-0.05, 0) is 42.3 Å². The number of nitrogens with zero attached hydrogens (tertiary/aromatic N) is 1. The van der Waals surface area contributed by atoms with E-state index >= 15 is 0 Å². The van der Waals surface area contributed by atoms with Crippen LogP contribution >= 0.6 is 0 Å². The Bertz CT molecular complexity index is 608. The average molecular weight is 278 g/mol. The first-order chi connectivity index (χ1) is 9.55. The summed E-state index contributed by atoms with van der Waals surface area (Å²) in [5, 5.41) is 3.15. The standard InChI is InChI=1S/C15H13F3N2/c16-15(17,18)10-4-5-14-12(9-10)11(6-8-20-14)13-3-1-2-7-19-13/h1-5,7,9,11,20H,6,8H2. The van der Waals surface area contributed by atoms with E-state index in [1.54, 1.807) is 12.3 Å². The Morgan fingerprint density at radius 3 is 2.70 bits per heavy atom. The molecule has 5 heteroatoms. The van der Waals surface area contributed by atoms with Gasteiger partial charge in [0.2, 0.25) is 0 Å². The van der Waals surface area contributed by atoms with Crippen LogP contribution in [0.1, 0.15) is 29.2 Å². The van der Waals surface area contributed by atoms with Crippen LogP contribution in [0.2, 0.25) is 0 Å². The first kappa shape index (κ1) is 13.0. The second-order valence-corrected chi connectivity index (χ2v) is 4.82. The second kappa shape index (κ2) is 4.81. The molecule has 1 N–H and O–H groups in total. The van der Waals surface area contributed by atoms with Crippen LogP contribution in [0.3, 0.4) is 0 Å². The summed E-state index contributed by atoms with van der Waals surface area (Å²) in [5.41, 5.74) is 1.64. The van der Waals surface area contributed by atoms with Gasteiger partial charge in [0.25, 0.3) is 0 Å². The highest BCUT2D eigenvalue weighted by atomic mass is 19.4. The van der Waals surface area contributed by atoms with Crippen LogP contribution < -0.4 is 5.32 Å². The number of hydrogen-bond acceptors (Lipinski definition) is 2. The maximum atomic E-state index is 12.9. The van der Waals surface area contributed by atoms with Gasteiger partial charge in [0.1, 0.15) is 0 Å². The van der Waals surface area contributed by atoms with Crippen molar-refractivity contribution >= 4 is 5.69 Å². The summed E-state index contributed by atoms with van der Waals surface area (Å²) in [5.74, 6) is -0.0882. The molecule has 0 bridgehead atoms. The Kier molecular flexibility index (Phi) is 3.12. The number of rotatable bonds is 1. The van der Waals surface area contributed by atoms with Crippen LogP contribution in [0, 0.1) is 0 Å². The number of anilines is 1. The molecular formula is C15H13F3N2. The quantitative estimate of drug-likeness (QED) is 0.851. The van der Waals surface area contributed by atoms with Gasteiger partial charge in [0.15, 0.2) is 0 Å². The van der Waals surface area contributed by atoms with Crippen LogP contribution in [-0.4, -0.2) is 11.5 Å². The minimum atomic E-state index is -4.32. The monoisotopic (exact) mass is 278 g/mol. The molecule has 1 unspecified atom stereocenters. The van der Waals surface area contributed by atoms with Crippen LogP contribution in [0.25, 0.3) is 0 Å². The molecule has 2 heterocycles.